The number of likely N-dealkylation sites (N-methyl/N-ethyl adjacent to an activating group) is 1. The van der Waals surface area contributed by atoms with Crippen LogP contribution in [0.3, 0.4) is 0 Å². The Morgan fingerprint density at radius 2 is 2.27 bits per heavy atom. The molecule has 0 saturated carbocycles. The molecule has 0 amide bonds. The lowest BCUT2D eigenvalue weighted by Gasteiger charge is -2.09. The van der Waals surface area contributed by atoms with Crippen LogP contribution in [-0.2, 0) is 6.42 Å². The summed E-state index contributed by atoms with van der Waals surface area (Å²) in [6, 6.07) is 6.08. The van der Waals surface area contributed by atoms with Gasteiger partial charge in [0.15, 0.2) is 0 Å². The lowest BCUT2D eigenvalue weighted by Crippen LogP contribution is -1.94. The third-order valence-electron chi connectivity index (χ3n) is 1.54. The van der Waals surface area contributed by atoms with Crippen LogP contribution in [0.2, 0.25) is 0 Å². The first-order chi connectivity index (χ1) is 5.33. The van der Waals surface area contributed by atoms with Gasteiger partial charge in [0.1, 0.15) is 0 Å². The van der Waals surface area contributed by atoms with Crippen LogP contribution < -0.4 is 0 Å². The summed E-state index contributed by atoms with van der Waals surface area (Å²) >= 11 is 0. The molecule has 0 unspecified atom stereocenters. The monoisotopic (exact) mass is 149 g/mol. The topological polar surface area (TPSA) is 27.0 Å². The van der Waals surface area contributed by atoms with Gasteiger partial charge in [-0.05, 0) is 25.5 Å². The SMILES string of the molecule is C[N-]CCc1cccc(C)n1. The van der Waals surface area contributed by atoms with Gasteiger partial charge in [-0.3, -0.25) is 4.98 Å². The molecule has 2 nitrogen and oxygen atoms in total. The Balaban J connectivity index is 2.56. The number of rotatable bonds is 3. The maximum atomic E-state index is 4.35. The van der Waals surface area contributed by atoms with Crippen LogP contribution in [0.1, 0.15) is 11.4 Å². The minimum absolute atomic E-state index is 0.871. The Morgan fingerprint density at radius 3 is 2.91 bits per heavy atom. The molecule has 0 bridgehead atoms. The zero-order valence-electron chi connectivity index (χ0n) is 7.04. The summed E-state index contributed by atoms with van der Waals surface area (Å²) in [6.45, 7) is 2.88. The normalized spacial score (nSPS) is 10.0. The number of pyridine rings is 1. The summed E-state index contributed by atoms with van der Waals surface area (Å²) in [5.41, 5.74) is 2.22. The van der Waals surface area contributed by atoms with E-state index in [4.69, 9.17) is 0 Å². The molecule has 60 valence electrons. The van der Waals surface area contributed by atoms with E-state index in [-0.39, 0.29) is 0 Å². The van der Waals surface area contributed by atoms with Gasteiger partial charge in [0, 0.05) is 11.4 Å². The molecule has 0 aliphatic heterocycles. The zero-order valence-corrected chi connectivity index (χ0v) is 7.04. The second kappa shape index (κ2) is 4.09. The van der Waals surface area contributed by atoms with Crippen LogP contribution >= 0.6 is 0 Å². The predicted octanol–water partition coefficient (Wildman–Crippen LogP) is 1.94. The van der Waals surface area contributed by atoms with Crippen molar-refractivity contribution in [2.24, 2.45) is 0 Å². The van der Waals surface area contributed by atoms with E-state index in [0.29, 0.717) is 0 Å². The molecule has 1 heterocycles. The minimum atomic E-state index is 0.871. The van der Waals surface area contributed by atoms with Crippen molar-refractivity contribution in [2.45, 2.75) is 13.3 Å². The van der Waals surface area contributed by atoms with E-state index in [2.05, 4.69) is 10.3 Å². The smallest absolute Gasteiger partial charge is 0.0389 e. The average Bonchev–Trinajstić information content (AvgIpc) is 2.01. The summed E-state index contributed by atoms with van der Waals surface area (Å²) in [5, 5.41) is 4.02. The second-order valence-corrected chi connectivity index (χ2v) is 2.56. The molecule has 0 aromatic carbocycles. The first-order valence-electron chi connectivity index (χ1n) is 3.81. The van der Waals surface area contributed by atoms with Crippen LogP contribution in [-0.4, -0.2) is 18.6 Å². The first kappa shape index (κ1) is 8.21. The van der Waals surface area contributed by atoms with Gasteiger partial charge < -0.3 is 5.32 Å². The molecule has 0 radical (unpaired) electrons. The lowest BCUT2D eigenvalue weighted by molar-refractivity contribution is 0.960. The van der Waals surface area contributed by atoms with Crippen LogP contribution in [0.15, 0.2) is 18.2 Å². The van der Waals surface area contributed by atoms with Crippen LogP contribution in [0.25, 0.3) is 5.32 Å². The molecule has 0 fully saturated rings. The van der Waals surface area contributed by atoms with Crippen LogP contribution in [0.5, 0.6) is 0 Å². The van der Waals surface area contributed by atoms with E-state index in [1.54, 1.807) is 0 Å². The van der Waals surface area contributed by atoms with Gasteiger partial charge in [-0.25, -0.2) is 0 Å². The van der Waals surface area contributed by atoms with E-state index in [1.807, 2.05) is 32.2 Å². The van der Waals surface area contributed by atoms with Gasteiger partial charge in [-0.15, -0.1) is 6.54 Å². The highest BCUT2D eigenvalue weighted by molar-refractivity contribution is 5.10. The standard InChI is InChI=1S/C9H13N2/c1-8-4-3-5-9(11-8)6-7-10-2/h3-5H,6-7H2,1-2H3/q-1. The van der Waals surface area contributed by atoms with Crippen molar-refractivity contribution >= 4 is 0 Å². The number of hydrogen-bond donors (Lipinski definition) is 0. The molecule has 0 aliphatic carbocycles. The fraction of sp³-hybridized carbons (Fsp3) is 0.444. The van der Waals surface area contributed by atoms with Gasteiger partial charge in [0.05, 0.1) is 0 Å². The summed E-state index contributed by atoms with van der Waals surface area (Å²) in [7, 11) is 1.83. The van der Waals surface area contributed by atoms with Crippen molar-refractivity contribution in [1.29, 1.82) is 0 Å². The van der Waals surface area contributed by atoms with E-state index in [9.17, 15) is 0 Å². The van der Waals surface area contributed by atoms with Gasteiger partial charge in [-0.2, -0.15) is 7.05 Å². The number of nitrogens with zero attached hydrogens (tertiary/aromatic N) is 2. The van der Waals surface area contributed by atoms with Gasteiger partial charge >= 0.3 is 0 Å². The van der Waals surface area contributed by atoms with Gasteiger partial charge in [0.2, 0.25) is 0 Å². The van der Waals surface area contributed by atoms with E-state index >= 15 is 0 Å². The van der Waals surface area contributed by atoms with Crippen molar-refractivity contribution in [3.63, 3.8) is 0 Å². The molecule has 0 saturated heterocycles. The first-order valence-corrected chi connectivity index (χ1v) is 3.81. The number of hydrogen-bond acceptors (Lipinski definition) is 1. The molecular formula is C9H13N2-. The van der Waals surface area contributed by atoms with Crippen LogP contribution in [0.4, 0.5) is 0 Å². The Labute approximate surface area is 67.7 Å². The summed E-state index contributed by atoms with van der Waals surface area (Å²) in [4.78, 5) is 4.35. The predicted molar refractivity (Wildman–Crippen MR) is 46.8 cm³/mol. The molecule has 2 heteroatoms. The lowest BCUT2D eigenvalue weighted by atomic mass is 10.2. The Hall–Kier alpha value is -0.890. The van der Waals surface area contributed by atoms with Gasteiger partial charge in [0.25, 0.3) is 0 Å². The number of aromatic nitrogens is 1. The largest absolute Gasteiger partial charge is 0.665 e. The highest BCUT2D eigenvalue weighted by atomic mass is 14.8. The maximum Gasteiger partial charge on any atom is 0.0389 e. The fourth-order valence-corrected chi connectivity index (χ4v) is 0.965. The Bertz CT molecular complexity index is 221. The summed E-state index contributed by atoms with van der Waals surface area (Å²) < 4.78 is 0. The molecule has 1 aromatic heterocycles. The Morgan fingerprint density at radius 1 is 1.45 bits per heavy atom. The van der Waals surface area contributed by atoms with Crippen LogP contribution in [0, 0.1) is 6.92 Å². The van der Waals surface area contributed by atoms with Crippen molar-refractivity contribution in [3.05, 3.63) is 34.9 Å². The zero-order chi connectivity index (χ0) is 8.10. The third kappa shape index (κ3) is 2.68. The molecule has 0 N–H and O–H groups in total. The highest BCUT2D eigenvalue weighted by Crippen LogP contribution is 1.99. The average molecular weight is 149 g/mol. The minimum Gasteiger partial charge on any atom is -0.665 e. The quantitative estimate of drug-likeness (QED) is 0.645. The van der Waals surface area contributed by atoms with Crippen molar-refractivity contribution in [3.8, 4) is 0 Å². The molecule has 1 rings (SSSR count). The Kier molecular flexibility index (Phi) is 3.05. The number of aryl methyl sites for hydroxylation is 1. The molecular weight excluding hydrogens is 136 g/mol. The molecule has 1 aromatic rings. The summed E-state index contributed by atoms with van der Waals surface area (Å²) in [5.74, 6) is 0. The molecule has 0 spiro atoms. The van der Waals surface area contributed by atoms with Crippen molar-refractivity contribution in [2.75, 3.05) is 13.6 Å². The van der Waals surface area contributed by atoms with E-state index < -0.39 is 0 Å². The fourth-order valence-electron chi connectivity index (χ4n) is 0.965. The van der Waals surface area contributed by atoms with E-state index in [0.717, 1.165) is 24.4 Å². The second-order valence-electron chi connectivity index (χ2n) is 2.56. The van der Waals surface area contributed by atoms with Crippen molar-refractivity contribution in [1.82, 2.24) is 4.98 Å². The maximum absolute atomic E-state index is 4.35. The molecule has 0 aliphatic rings. The van der Waals surface area contributed by atoms with Crippen molar-refractivity contribution < 1.29 is 0 Å². The third-order valence-corrected chi connectivity index (χ3v) is 1.54. The van der Waals surface area contributed by atoms with E-state index in [1.165, 1.54) is 0 Å². The molecule has 0 atom stereocenters. The summed E-state index contributed by atoms with van der Waals surface area (Å²) in [6.07, 6.45) is 0.957. The highest BCUT2D eigenvalue weighted by Gasteiger charge is 1.89. The van der Waals surface area contributed by atoms with Gasteiger partial charge in [-0.1, -0.05) is 6.07 Å². The molecule has 11 heavy (non-hydrogen) atoms.